The Morgan fingerprint density at radius 2 is 2.13 bits per heavy atom. The van der Waals surface area contributed by atoms with Gasteiger partial charge in [-0.1, -0.05) is 11.6 Å². The standard InChI is InChI=1S/C9H7ClF2O3/c1-4-2-5(15-9(11)12)3-6(10)7(4)8(13)14/h2-3,9H,1H3,(H,13,14). The maximum Gasteiger partial charge on any atom is 0.387 e. The fourth-order valence-corrected chi connectivity index (χ4v) is 1.49. The third-order valence-electron chi connectivity index (χ3n) is 1.70. The van der Waals surface area contributed by atoms with Crippen LogP contribution in [0.5, 0.6) is 5.75 Å². The first kappa shape index (κ1) is 11.7. The molecule has 1 rings (SSSR count). The number of hydrogen-bond acceptors (Lipinski definition) is 2. The van der Waals surface area contributed by atoms with Gasteiger partial charge in [-0.05, 0) is 24.6 Å². The Kier molecular flexibility index (Phi) is 3.47. The van der Waals surface area contributed by atoms with Crippen molar-refractivity contribution < 1.29 is 23.4 Å². The zero-order valence-corrected chi connectivity index (χ0v) is 8.39. The highest BCUT2D eigenvalue weighted by atomic mass is 35.5. The van der Waals surface area contributed by atoms with E-state index in [0.717, 1.165) is 6.07 Å². The SMILES string of the molecule is Cc1cc(OC(F)F)cc(Cl)c1C(=O)O. The number of alkyl halides is 2. The minimum atomic E-state index is -2.96. The molecular formula is C9H7ClF2O3. The van der Waals surface area contributed by atoms with Gasteiger partial charge in [-0.25, -0.2) is 4.79 Å². The summed E-state index contributed by atoms with van der Waals surface area (Å²) in [5.74, 6) is -1.36. The van der Waals surface area contributed by atoms with E-state index in [0.29, 0.717) is 0 Å². The molecule has 0 unspecified atom stereocenters. The topological polar surface area (TPSA) is 46.5 Å². The summed E-state index contributed by atoms with van der Waals surface area (Å²) in [5.41, 5.74) is 0.156. The van der Waals surface area contributed by atoms with Gasteiger partial charge in [0.1, 0.15) is 5.75 Å². The molecule has 0 atom stereocenters. The molecule has 1 aromatic carbocycles. The van der Waals surface area contributed by atoms with Crippen molar-refractivity contribution in [3.8, 4) is 5.75 Å². The van der Waals surface area contributed by atoms with E-state index in [1.165, 1.54) is 13.0 Å². The summed E-state index contributed by atoms with van der Waals surface area (Å²) in [6.07, 6.45) is 0. The molecule has 0 bridgehead atoms. The largest absolute Gasteiger partial charge is 0.478 e. The first-order chi connectivity index (χ1) is 6.91. The van der Waals surface area contributed by atoms with Crippen LogP contribution in [0.25, 0.3) is 0 Å². The lowest BCUT2D eigenvalue weighted by atomic mass is 10.1. The van der Waals surface area contributed by atoms with E-state index in [-0.39, 0.29) is 21.9 Å². The lowest BCUT2D eigenvalue weighted by Crippen LogP contribution is -2.05. The van der Waals surface area contributed by atoms with Gasteiger partial charge in [0.25, 0.3) is 0 Å². The zero-order chi connectivity index (χ0) is 11.6. The maximum atomic E-state index is 11.9. The number of ether oxygens (including phenoxy) is 1. The molecule has 3 nitrogen and oxygen atoms in total. The van der Waals surface area contributed by atoms with Crippen LogP contribution < -0.4 is 4.74 Å². The molecule has 0 saturated heterocycles. The first-order valence-corrected chi connectivity index (χ1v) is 4.28. The van der Waals surface area contributed by atoms with Crippen molar-refractivity contribution in [2.75, 3.05) is 0 Å². The summed E-state index contributed by atoms with van der Waals surface area (Å²) in [4.78, 5) is 10.7. The molecule has 6 heteroatoms. The molecule has 0 aromatic heterocycles. The number of rotatable bonds is 3. The quantitative estimate of drug-likeness (QED) is 0.878. The van der Waals surface area contributed by atoms with Gasteiger partial charge in [-0.2, -0.15) is 8.78 Å². The number of aromatic carboxylic acids is 1. The molecule has 82 valence electrons. The number of aryl methyl sites for hydroxylation is 1. The van der Waals surface area contributed by atoms with Crippen LogP contribution in [0.3, 0.4) is 0 Å². The maximum absolute atomic E-state index is 11.9. The fourth-order valence-electron chi connectivity index (χ4n) is 1.15. The van der Waals surface area contributed by atoms with E-state index in [9.17, 15) is 13.6 Å². The molecule has 0 radical (unpaired) electrons. The van der Waals surface area contributed by atoms with E-state index >= 15 is 0 Å². The fraction of sp³-hybridized carbons (Fsp3) is 0.222. The van der Waals surface area contributed by atoms with Crippen LogP contribution in [0.1, 0.15) is 15.9 Å². The normalized spacial score (nSPS) is 10.5. The van der Waals surface area contributed by atoms with Crippen LogP contribution in [-0.4, -0.2) is 17.7 Å². The van der Waals surface area contributed by atoms with Crippen molar-refractivity contribution >= 4 is 17.6 Å². The van der Waals surface area contributed by atoms with Crippen LogP contribution in [-0.2, 0) is 0 Å². The number of carboxylic acids is 1. The highest BCUT2D eigenvalue weighted by molar-refractivity contribution is 6.33. The summed E-state index contributed by atoms with van der Waals surface area (Å²) in [6.45, 7) is -1.51. The van der Waals surface area contributed by atoms with Crippen molar-refractivity contribution in [3.63, 3.8) is 0 Å². The molecular weight excluding hydrogens is 230 g/mol. The van der Waals surface area contributed by atoms with Crippen molar-refractivity contribution in [1.29, 1.82) is 0 Å². The second-order valence-corrected chi connectivity index (χ2v) is 3.19. The molecule has 1 N–H and O–H groups in total. The van der Waals surface area contributed by atoms with Crippen molar-refractivity contribution in [2.24, 2.45) is 0 Å². The molecule has 0 spiro atoms. The Morgan fingerprint density at radius 1 is 1.53 bits per heavy atom. The van der Waals surface area contributed by atoms with Gasteiger partial charge in [-0.3, -0.25) is 0 Å². The number of halogens is 3. The second kappa shape index (κ2) is 4.44. The van der Waals surface area contributed by atoms with Gasteiger partial charge in [0.15, 0.2) is 0 Å². The summed E-state index contributed by atoms with van der Waals surface area (Å²) >= 11 is 5.61. The third kappa shape index (κ3) is 2.79. The second-order valence-electron chi connectivity index (χ2n) is 2.78. The molecule has 0 fully saturated rings. The van der Waals surface area contributed by atoms with Crippen LogP contribution >= 0.6 is 11.6 Å². The average Bonchev–Trinajstić information content (AvgIpc) is 1.99. The Morgan fingerprint density at radius 3 is 2.53 bits per heavy atom. The molecule has 0 saturated carbocycles. The number of benzene rings is 1. The highest BCUT2D eigenvalue weighted by Crippen LogP contribution is 2.27. The molecule has 0 aliphatic rings. The van der Waals surface area contributed by atoms with Gasteiger partial charge in [0.05, 0.1) is 10.6 Å². The van der Waals surface area contributed by atoms with Crippen molar-refractivity contribution in [2.45, 2.75) is 13.5 Å². The third-order valence-corrected chi connectivity index (χ3v) is 2.00. The Labute approximate surface area is 89.2 Å². The highest BCUT2D eigenvalue weighted by Gasteiger charge is 2.15. The Hall–Kier alpha value is -1.36. The number of hydrogen-bond donors (Lipinski definition) is 1. The predicted molar refractivity (Wildman–Crippen MR) is 49.8 cm³/mol. The van der Waals surface area contributed by atoms with Crippen molar-refractivity contribution in [1.82, 2.24) is 0 Å². The molecule has 0 amide bonds. The average molecular weight is 237 g/mol. The van der Waals surface area contributed by atoms with Gasteiger partial charge < -0.3 is 9.84 Å². The molecule has 0 heterocycles. The lowest BCUT2D eigenvalue weighted by Gasteiger charge is -2.08. The first-order valence-electron chi connectivity index (χ1n) is 3.90. The van der Waals surface area contributed by atoms with Gasteiger partial charge in [-0.15, -0.1) is 0 Å². The Balaban J connectivity index is 3.14. The minimum Gasteiger partial charge on any atom is -0.478 e. The summed E-state index contributed by atoms with van der Waals surface area (Å²) in [6, 6.07) is 2.24. The summed E-state index contributed by atoms with van der Waals surface area (Å²) < 4.78 is 27.8. The van der Waals surface area contributed by atoms with Crippen LogP contribution in [0.4, 0.5) is 8.78 Å². The van der Waals surface area contributed by atoms with E-state index in [4.69, 9.17) is 16.7 Å². The Bertz CT molecular complexity index is 370. The van der Waals surface area contributed by atoms with E-state index in [1.807, 2.05) is 0 Å². The van der Waals surface area contributed by atoms with Gasteiger partial charge >= 0.3 is 12.6 Å². The predicted octanol–water partition coefficient (Wildman–Crippen LogP) is 2.95. The number of carboxylic acid groups (broad SMARTS) is 1. The van der Waals surface area contributed by atoms with Gasteiger partial charge in [0.2, 0.25) is 0 Å². The monoisotopic (exact) mass is 236 g/mol. The zero-order valence-electron chi connectivity index (χ0n) is 7.63. The van der Waals surface area contributed by atoms with Gasteiger partial charge in [0, 0.05) is 0 Å². The lowest BCUT2D eigenvalue weighted by molar-refractivity contribution is -0.0498. The van der Waals surface area contributed by atoms with Crippen LogP contribution in [0.2, 0.25) is 5.02 Å². The molecule has 0 aliphatic heterocycles. The molecule has 1 aromatic rings. The van der Waals surface area contributed by atoms with E-state index in [2.05, 4.69) is 4.74 Å². The minimum absolute atomic E-state index is 0.113. The van der Waals surface area contributed by atoms with Crippen molar-refractivity contribution in [3.05, 3.63) is 28.3 Å². The van der Waals surface area contributed by atoms with E-state index in [1.54, 1.807) is 0 Å². The molecule has 0 aliphatic carbocycles. The smallest absolute Gasteiger partial charge is 0.387 e. The number of carbonyl (C=O) groups is 1. The van der Waals surface area contributed by atoms with Crippen LogP contribution in [0.15, 0.2) is 12.1 Å². The van der Waals surface area contributed by atoms with Crippen LogP contribution in [0, 0.1) is 6.92 Å². The van der Waals surface area contributed by atoms with E-state index < -0.39 is 12.6 Å². The molecule has 15 heavy (non-hydrogen) atoms. The summed E-state index contributed by atoms with van der Waals surface area (Å²) in [5, 5.41) is 8.62. The summed E-state index contributed by atoms with van der Waals surface area (Å²) in [7, 11) is 0.